The number of aromatic hydroxyl groups is 1. The number of nitrogens with zero attached hydrogens (tertiary/aromatic N) is 1. The Balaban J connectivity index is 1.33. The zero-order valence-corrected chi connectivity index (χ0v) is 18.1. The normalized spacial score (nSPS) is 25.5. The largest absolute Gasteiger partial charge is 0.508 e. The molecule has 0 bridgehead atoms. The minimum Gasteiger partial charge on any atom is -0.508 e. The first kappa shape index (κ1) is 19.9. The van der Waals surface area contributed by atoms with Crippen molar-refractivity contribution in [3.63, 3.8) is 0 Å². The molecule has 0 fully saturated rings. The molecule has 1 aromatic carbocycles. The number of hydrogen-bond donors (Lipinski definition) is 3. The zero-order valence-electron chi connectivity index (χ0n) is 18.1. The number of amidine groups is 1. The molecule has 2 atom stereocenters. The highest BCUT2D eigenvalue weighted by Crippen LogP contribution is 2.37. The molecular weight excluding hydrogens is 386 g/mol. The molecule has 31 heavy (non-hydrogen) atoms. The number of rotatable bonds is 2. The van der Waals surface area contributed by atoms with Gasteiger partial charge in [-0.25, -0.2) is 4.99 Å². The van der Waals surface area contributed by atoms with Gasteiger partial charge in [-0.2, -0.15) is 0 Å². The van der Waals surface area contributed by atoms with Crippen molar-refractivity contribution in [1.82, 2.24) is 10.6 Å². The summed E-state index contributed by atoms with van der Waals surface area (Å²) < 4.78 is 0. The maximum atomic E-state index is 12.9. The van der Waals surface area contributed by atoms with Gasteiger partial charge in [-0.15, -0.1) is 0 Å². The van der Waals surface area contributed by atoms with Gasteiger partial charge in [0.05, 0.1) is 16.9 Å². The molecule has 1 aliphatic heterocycles. The van der Waals surface area contributed by atoms with Gasteiger partial charge < -0.3 is 15.7 Å². The standard InChI is InChI=1S/C26H29N3O2/c1-26(2)25(27-22-12-9-19-15-20(30)10-11-21(19)24(22)29-26)28-23(31)14-16-7-8-17-5-3-4-6-18(17)13-16/h3-4,6-8,10-11,15-17,29-30H,5,9,12-14H2,1-2H3,(H,27,28,31). The van der Waals surface area contributed by atoms with Gasteiger partial charge in [0, 0.05) is 17.9 Å². The Kier molecular flexibility index (Phi) is 4.84. The van der Waals surface area contributed by atoms with Crippen LogP contribution in [0.4, 0.5) is 0 Å². The molecule has 3 aliphatic carbocycles. The Morgan fingerprint density at radius 3 is 3.03 bits per heavy atom. The number of aliphatic imine (C=N–C) groups is 1. The predicted octanol–water partition coefficient (Wildman–Crippen LogP) is 4.37. The fourth-order valence-corrected chi connectivity index (χ4v) is 4.98. The van der Waals surface area contributed by atoms with Crippen molar-refractivity contribution in [2.24, 2.45) is 16.8 Å². The predicted molar refractivity (Wildman–Crippen MR) is 123 cm³/mol. The summed E-state index contributed by atoms with van der Waals surface area (Å²) in [7, 11) is 0. The van der Waals surface area contributed by atoms with E-state index in [-0.39, 0.29) is 17.6 Å². The van der Waals surface area contributed by atoms with E-state index in [1.54, 1.807) is 6.07 Å². The number of benzene rings is 1. The highest BCUT2D eigenvalue weighted by atomic mass is 16.3. The summed E-state index contributed by atoms with van der Waals surface area (Å²) in [6.07, 6.45) is 15.1. The van der Waals surface area contributed by atoms with Crippen LogP contribution in [0.2, 0.25) is 0 Å². The summed E-state index contributed by atoms with van der Waals surface area (Å²) in [5, 5.41) is 16.5. The Hall–Kier alpha value is -3.08. The first-order valence-corrected chi connectivity index (χ1v) is 11.2. The molecule has 160 valence electrons. The summed E-state index contributed by atoms with van der Waals surface area (Å²) in [6.45, 7) is 4.07. The van der Waals surface area contributed by atoms with Crippen LogP contribution in [0.5, 0.6) is 5.75 Å². The molecule has 0 saturated carbocycles. The third-order valence-electron chi connectivity index (χ3n) is 6.69. The first-order chi connectivity index (χ1) is 14.9. The SMILES string of the molecule is CC1(C)NC2=C(CCc3cc(O)ccc32)N=C1NC(=O)CC1C=CC2CC=CC=C2C1. The van der Waals surface area contributed by atoms with Crippen molar-refractivity contribution in [3.8, 4) is 5.75 Å². The number of fused-ring (bicyclic) bond motifs is 3. The van der Waals surface area contributed by atoms with Crippen molar-refractivity contribution < 1.29 is 9.90 Å². The first-order valence-electron chi connectivity index (χ1n) is 11.2. The van der Waals surface area contributed by atoms with E-state index in [0.29, 0.717) is 18.2 Å². The molecule has 5 heteroatoms. The van der Waals surface area contributed by atoms with Crippen molar-refractivity contribution in [3.05, 3.63) is 71.0 Å². The highest BCUT2D eigenvalue weighted by molar-refractivity contribution is 6.05. The number of phenolic OH excluding ortho intramolecular Hbond substituents is 1. The molecule has 0 aromatic heterocycles. The minimum absolute atomic E-state index is 0.0128. The van der Waals surface area contributed by atoms with Crippen LogP contribution in [0.25, 0.3) is 5.70 Å². The summed E-state index contributed by atoms with van der Waals surface area (Å²) >= 11 is 0. The second kappa shape index (κ2) is 7.56. The number of hydrogen-bond acceptors (Lipinski definition) is 4. The molecule has 0 radical (unpaired) electrons. The van der Waals surface area contributed by atoms with Gasteiger partial charge in [-0.3, -0.25) is 4.79 Å². The lowest BCUT2D eigenvalue weighted by atomic mass is 9.79. The molecular formula is C26H29N3O2. The third kappa shape index (κ3) is 3.85. The molecule has 2 unspecified atom stereocenters. The van der Waals surface area contributed by atoms with E-state index in [1.807, 2.05) is 26.0 Å². The van der Waals surface area contributed by atoms with Gasteiger partial charge in [0.1, 0.15) is 11.6 Å². The lowest BCUT2D eigenvalue weighted by Crippen LogP contribution is -2.55. The van der Waals surface area contributed by atoms with Crippen LogP contribution >= 0.6 is 0 Å². The number of amides is 1. The quantitative estimate of drug-likeness (QED) is 0.628. The van der Waals surface area contributed by atoms with Crippen molar-refractivity contribution >= 4 is 17.4 Å². The van der Waals surface area contributed by atoms with E-state index < -0.39 is 5.54 Å². The van der Waals surface area contributed by atoms with Gasteiger partial charge in [-0.1, -0.05) is 36.0 Å². The Labute approximate surface area is 183 Å². The monoisotopic (exact) mass is 415 g/mol. The number of allylic oxidation sites excluding steroid dienone is 7. The average molecular weight is 416 g/mol. The van der Waals surface area contributed by atoms with Gasteiger partial charge in [-0.05, 0) is 69.2 Å². The van der Waals surface area contributed by atoms with Crippen LogP contribution in [-0.4, -0.2) is 22.4 Å². The highest BCUT2D eigenvalue weighted by Gasteiger charge is 2.35. The van der Waals surface area contributed by atoms with Crippen LogP contribution in [-0.2, 0) is 11.2 Å². The lowest BCUT2D eigenvalue weighted by molar-refractivity contribution is -0.120. The smallest absolute Gasteiger partial charge is 0.225 e. The van der Waals surface area contributed by atoms with Crippen molar-refractivity contribution in [2.45, 2.75) is 51.5 Å². The molecule has 5 rings (SSSR count). The second-order valence-electron chi connectivity index (χ2n) is 9.49. The van der Waals surface area contributed by atoms with Gasteiger partial charge in [0.2, 0.25) is 5.91 Å². The summed E-state index contributed by atoms with van der Waals surface area (Å²) in [4.78, 5) is 17.8. The molecule has 0 spiro atoms. The molecule has 4 aliphatic rings. The van der Waals surface area contributed by atoms with E-state index in [1.165, 1.54) is 5.57 Å². The van der Waals surface area contributed by atoms with E-state index >= 15 is 0 Å². The van der Waals surface area contributed by atoms with E-state index in [2.05, 4.69) is 41.0 Å². The van der Waals surface area contributed by atoms with Crippen molar-refractivity contribution in [2.75, 3.05) is 0 Å². The maximum Gasteiger partial charge on any atom is 0.225 e. The number of aryl methyl sites for hydroxylation is 1. The molecule has 1 amide bonds. The Morgan fingerprint density at radius 1 is 1.29 bits per heavy atom. The van der Waals surface area contributed by atoms with Gasteiger partial charge in [0.25, 0.3) is 0 Å². The van der Waals surface area contributed by atoms with Crippen LogP contribution in [0, 0.1) is 11.8 Å². The molecule has 1 heterocycles. The van der Waals surface area contributed by atoms with Crippen LogP contribution in [0.3, 0.4) is 0 Å². The van der Waals surface area contributed by atoms with Gasteiger partial charge >= 0.3 is 0 Å². The van der Waals surface area contributed by atoms with Crippen molar-refractivity contribution in [1.29, 1.82) is 0 Å². The maximum absolute atomic E-state index is 12.9. The van der Waals surface area contributed by atoms with E-state index in [9.17, 15) is 9.90 Å². The second-order valence-corrected chi connectivity index (χ2v) is 9.49. The number of carbonyl (C=O) groups is 1. The summed E-state index contributed by atoms with van der Waals surface area (Å²) in [5.74, 6) is 1.72. The topological polar surface area (TPSA) is 73.7 Å². The molecule has 1 aromatic rings. The van der Waals surface area contributed by atoms with Crippen LogP contribution in [0.1, 0.15) is 50.7 Å². The lowest BCUT2D eigenvalue weighted by Gasteiger charge is -2.37. The molecule has 0 saturated heterocycles. The summed E-state index contributed by atoms with van der Waals surface area (Å²) in [6, 6.07) is 5.48. The molecule has 3 N–H and O–H groups in total. The van der Waals surface area contributed by atoms with Crippen LogP contribution in [0.15, 0.2) is 64.8 Å². The zero-order chi connectivity index (χ0) is 21.6. The number of phenols is 1. The van der Waals surface area contributed by atoms with Crippen LogP contribution < -0.4 is 10.6 Å². The average Bonchev–Trinajstić information content (AvgIpc) is 2.74. The Bertz CT molecular complexity index is 1090. The number of carbonyl (C=O) groups excluding carboxylic acids is 1. The fraction of sp³-hybridized carbons (Fsp3) is 0.385. The minimum atomic E-state index is -0.495. The van der Waals surface area contributed by atoms with Gasteiger partial charge in [0.15, 0.2) is 0 Å². The van der Waals surface area contributed by atoms with E-state index in [0.717, 1.165) is 48.2 Å². The van der Waals surface area contributed by atoms with E-state index in [4.69, 9.17) is 4.99 Å². The Morgan fingerprint density at radius 2 is 2.16 bits per heavy atom. The summed E-state index contributed by atoms with van der Waals surface area (Å²) in [5.41, 5.74) is 5.11. The fourth-order valence-electron chi connectivity index (χ4n) is 4.98. The molecule has 5 nitrogen and oxygen atoms in total. The third-order valence-corrected chi connectivity index (χ3v) is 6.69. The number of nitrogens with one attached hydrogen (secondary N) is 2.